The van der Waals surface area contributed by atoms with E-state index in [1.165, 1.54) is 12.1 Å². The molecule has 0 aliphatic carbocycles. The van der Waals surface area contributed by atoms with Crippen molar-refractivity contribution in [3.05, 3.63) is 58.7 Å². The van der Waals surface area contributed by atoms with Crippen molar-refractivity contribution in [1.29, 1.82) is 0 Å². The zero-order valence-corrected chi connectivity index (χ0v) is 19.0. The molecule has 1 heterocycles. The number of methoxy groups -OCH3 is 1. The van der Waals surface area contributed by atoms with E-state index in [4.69, 9.17) is 27.9 Å². The number of benzene rings is 2. The Kier molecular flexibility index (Phi) is 6.00. The minimum atomic E-state index is -0.503. The summed E-state index contributed by atoms with van der Waals surface area (Å²) in [5, 5.41) is 1.79. The Bertz CT molecular complexity index is 963. The maximum Gasteiger partial charge on any atom is 0.282 e. The van der Waals surface area contributed by atoms with Gasteiger partial charge in [-0.05, 0) is 81.6 Å². The first kappa shape index (κ1) is 19.7. The smallest absolute Gasteiger partial charge is 0.282 e. The summed E-state index contributed by atoms with van der Waals surface area (Å²) in [6, 6.07) is 8.47. The molecule has 134 valence electrons. The Morgan fingerprint density at radius 1 is 1.12 bits per heavy atom. The molecule has 9 heteroatoms. The molecule has 1 aliphatic heterocycles. The highest BCUT2D eigenvalue weighted by atomic mass is 127. The molecule has 5 nitrogen and oxygen atoms in total. The molecular formula is C17H10Cl2I2N2O3. The monoisotopic (exact) mass is 614 g/mol. The van der Waals surface area contributed by atoms with Crippen LogP contribution in [0.15, 0.2) is 35.9 Å². The minimum absolute atomic E-state index is 0.00664. The molecule has 1 fully saturated rings. The van der Waals surface area contributed by atoms with Crippen molar-refractivity contribution in [1.82, 2.24) is 5.43 Å². The summed E-state index contributed by atoms with van der Waals surface area (Å²) in [5.74, 6) is -0.381. The van der Waals surface area contributed by atoms with Gasteiger partial charge in [-0.2, -0.15) is 0 Å². The van der Waals surface area contributed by atoms with E-state index in [0.29, 0.717) is 22.0 Å². The average molecular weight is 615 g/mol. The number of ether oxygens (including phenoxy) is 1. The minimum Gasteiger partial charge on any atom is -0.495 e. The Labute approximate surface area is 186 Å². The Morgan fingerprint density at radius 3 is 2.50 bits per heavy atom. The van der Waals surface area contributed by atoms with Gasteiger partial charge in [-0.25, -0.2) is 5.01 Å². The second kappa shape index (κ2) is 7.91. The van der Waals surface area contributed by atoms with Crippen molar-refractivity contribution in [3.8, 4) is 5.75 Å². The van der Waals surface area contributed by atoms with Crippen LogP contribution in [-0.4, -0.2) is 18.9 Å². The van der Waals surface area contributed by atoms with E-state index in [1.807, 2.05) is 12.1 Å². The highest BCUT2D eigenvalue weighted by molar-refractivity contribution is 14.1. The fourth-order valence-corrected chi connectivity index (χ4v) is 4.82. The van der Waals surface area contributed by atoms with Crippen molar-refractivity contribution in [3.63, 3.8) is 0 Å². The van der Waals surface area contributed by atoms with Crippen LogP contribution in [0.2, 0.25) is 10.0 Å². The average Bonchev–Trinajstić information content (AvgIpc) is 2.85. The van der Waals surface area contributed by atoms with Crippen molar-refractivity contribution in [2.45, 2.75) is 0 Å². The molecule has 0 aromatic heterocycles. The molecular weight excluding hydrogens is 605 g/mol. The lowest BCUT2D eigenvalue weighted by Gasteiger charge is -2.15. The van der Waals surface area contributed by atoms with E-state index in [9.17, 15) is 9.59 Å². The summed E-state index contributed by atoms with van der Waals surface area (Å²) < 4.78 is 7.26. The van der Waals surface area contributed by atoms with Gasteiger partial charge in [0.2, 0.25) is 0 Å². The van der Waals surface area contributed by atoms with Crippen LogP contribution in [-0.2, 0) is 9.59 Å². The van der Waals surface area contributed by atoms with Crippen molar-refractivity contribution >= 4 is 92.0 Å². The third kappa shape index (κ3) is 3.80. The molecule has 1 N–H and O–H groups in total. The topological polar surface area (TPSA) is 58.6 Å². The number of amides is 2. The number of anilines is 1. The highest BCUT2D eigenvalue weighted by Gasteiger charge is 2.35. The van der Waals surface area contributed by atoms with Crippen LogP contribution in [0.3, 0.4) is 0 Å². The second-order valence-electron chi connectivity index (χ2n) is 5.25. The normalized spacial score (nSPS) is 15.6. The summed E-state index contributed by atoms with van der Waals surface area (Å²) in [5.41, 5.74) is 3.61. The first-order chi connectivity index (χ1) is 12.3. The molecule has 0 atom stereocenters. The molecule has 2 aromatic rings. The van der Waals surface area contributed by atoms with E-state index in [0.717, 1.165) is 12.1 Å². The third-order valence-corrected chi connectivity index (χ3v) is 5.76. The SMILES string of the molecule is COc1c(I)cc(I)cc1/C=C1/C(=O)NN(c2ccc(Cl)c(Cl)c2)C1=O. The van der Waals surface area contributed by atoms with Crippen LogP contribution in [0.25, 0.3) is 6.08 Å². The first-order valence-electron chi connectivity index (χ1n) is 7.17. The van der Waals surface area contributed by atoms with Gasteiger partial charge in [-0.3, -0.25) is 15.0 Å². The van der Waals surface area contributed by atoms with Crippen LogP contribution in [0.4, 0.5) is 5.69 Å². The number of nitrogens with one attached hydrogen (secondary N) is 1. The molecule has 2 amide bonds. The van der Waals surface area contributed by atoms with Gasteiger partial charge >= 0.3 is 0 Å². The number of nitrogens with zero attached hydrogens (tertiary/aromatic N) is 1. The van der Waals surface area contributed by atoms with Crippen LogP contribution in [0, 0.1) is 7.14 Å². The maximum atomic E-state index is 12.7. The van der Waals surface area contributed by atoms with E-state index in [1.54, 1.807) is 19.2 Å². The second-order valence-corrected chi connectivity index (χ2v) is 8.47. The molecule has 0 unspecified atom stereocenters. The zero-order chi connectivity index (χ0) is 19.0. The van der Waals surface area contributed by atoms with E-state index < -0.39 is 11.8 Å². The number of hydrogen-bond donors (Lipinski definition) is 1. The Balaban J connectivity index is 2.02. The van der Waals surface area contributed by atoms with Gasteiger partial charge in [0, 0.05) is 9.13 Å². The summed E-state index contributed by atoms with van der Waals surface area (Å²) in [6.45, 7) is 0. The predicted molar refractivity (Wildman–Crippen MR) is 118 cm³/mol. The molecule has 3 rings (SSSR count). The zero-order valence-electron chi connectivity index (χ0n) is 13.1. The molecule has 1 saturated heterocycles. The van der Waals surface area contributed by atoms with Gasteiger partial charge in [0.05, 0.1) is 26.4 Å². The molecule has 2 aromatic carbocycles. The van der Waals surface area contributed by atoms with E-state index in [-0.39, 0.29) is 10.6 Å². The molecule has 1 aliphatic rings. The van der Waals surface area contributed by atoms with Gasteiger partial charge in [0.15, 0.2) is 0 Å². The predicted octanol–water partition coefficient (Wildman–Crippen LogP) is 4.67. The first-order valence-corrected chi connectivity index (χ1v) is 10.1. The molecule has 26 heavy (non-hydrogen) atoms. The number of rotatable bonds is 3. The van der Waals surface area contributed by atoms with Crippen LogP contribution >= 0.6 is 68.4 Å². The lowest BCUT2D eigenvalue weighted by molar-refractivity contribution is -0.117. The third-order valence-electron chi connectivity index (χ3n) is 3.59. The Morgan fingerprint density at radius 2 is 1.85 bits per heavy atom. The van der Waals surface area contributed by atoms with Gasteiger partial charge < -0.3 is 4.74 Å². The van der Waals surface area contributed by atoms with E-state index >= 15 is 0 Å². The number of carbonyl (C=O) groups is 2. The van der Waals surface area contributed by atoms with Gasteiger partial charge in [-0.15, -0.1) is 0 Å². The van der Waals surface area contributed by atoms with Crippen molar-refractivity contribution < 1.29 is 14.3 Å². The van der Waals surface area contributed by atoms with Gasteiger partial charge in [0.25, 0.3) is 11.8 Å². The maximum absolute atomic E-state index is 12.7. The lowest BCUT2D eigenvalue weighted by atomic mass is 10.1. The molecule has 0 spiro atoms. The molecule has 0 saturated carbocycles. The number of halogens is 4. The molecule has 0 bridgehead atoms. The quantitative estimate of drug-likeness (QED) is 0.311. The van der Waals surface area contributed by atoms with Crippen LogP contribution < -0.4 is 15.2 Å². The van der Waals surface area contributed by atoms with Crippen molar-refractivity contribution in [2.75, 3.05) is 12.1 Å². The summed E-state index contributed by atoms with van der Waals surface area (Å²) in [6.07, 6.45) is 1.53. The fourth-order valence-electron chi connectivity index (χ4n) is 2.42. The molecule has 0 radical (unpaired) electrons. The number of hydrogen-bond acceptors (Lipinski definition) is 3. The van der Waals surface area contributed by atoms with Gasteiger partial charge in [-0.1, -0.05) is 23.2 Å². The van der Waals surface area contributed by atoms with Crippen LogP contribution in [0.5, 0.6) is 5.75 Å². The summed E-state index contributed by atoms with van der Waals surface area (Å²) >= 11 is 16.2. The standard InChI is InChI=1S/C17H10Cl2I2N2O3/c1-26-15-8(4-9(20)6-14(15)21)5-11-16(24)22-23(17(11)25)10-2-3-12(18)13(19)7-10/h2-7H,1H3,(H,22,24)/b11-5-. The largest absolute Gasteiger partial charge is 0.495 e. The Hall–Kier alpha value is -1.04. The highest BCUT2D eigenvalue weighted by Crippen LogP contribution is 2.32. The number of hydrazine groups is 1. The lowest BCUT2D eigenvalue weighted by Crippen LogP contribution is -2.35. The summed E-state index contributed by atoms with van der Waals surface area (Å²) in [7, 11) is 1.55. The fraction of sp³-hybridized carbons (Fsp3) is 0.0588. The van der Waals surface area contributed by atoms with Crippen molar-refractivity contribution in [2.24, 2.45) is 0 Å². The van der Waals surface area contributed by atoms with Crippen LogP contribution in [0.1, 0.15) is 5.56 Å². The number of carbonyl (C=O) groups excluding carboxylic acids is 2. The summed E-state index contributed by atoms with van der Waals surface area (Å²) in [4.78, 5) is 25.1. The van der Waals surface area contributed by atoms with E-state index in [2.05, 4.69) is 50.6 Å². The van der Waals surface area contributed by atoms with Gasteiger partial charge in [0.1, 0.15) is 11.3 Å².